The number of anilines is 1. The lowest BCUT2D eigenvalue weighted by molar-refractivity contribution is -0.127. The van der Waals surface area contributed by atoms with Gasteiger partial charge in [-0.25, -0.2) is 4.99 Å². The van der Waals surface area contributed by atoms with E-state index in [0.29, 0.717) is 17.5 Å². The Morgan fingerprint density at radius 3 is 2.55 bits per heavy atom. The molecule has 2 aromatic carbocycles. The minimum absolute atomic E-state index is 0.0903. The third-order valence-corrected chi connectivity index (χ3v) is 5.90. The highest BCUT2D eigenvalue weighted by molar-refractivity contribution is 8.15. The van der Waals surface area contributed by atoms with Gasteiger partial charge in [-0.3, -0.25) is 14.5 Å². The molecule has 0 aliphatic carbocycles. The molecule has 1 fully saturated rings. The topological polar surface area (TPSA) is 71.0 Å². The lowest BCUT2D eigenvalue weighted by Gasteiger charge is -2.10. The predicted octanol–water partition coefficient (Wildman–Crippen LogP) is 4.29. The fourth-order valence-electron chi connectivity index (χ4n) is 2.88. The quantitative estimate of drug-likeness (QED) is 0.770. The third-order valence-electron chi connectivity index (χ3n) is 4.68. The molecule has 1 atom stereocenters. The predicted molar refractivity (Wildman–Crippen MR) is 118 cm³/mol. The number of nitrogens with one attached hydrogen (secondary N) is 1. The van der Waals surface area contributed by atoms with E-state index in [9.17, 15) is 9.59 Å². The molecule has 1 aliphatic heterocycles. The van der Waals surface area contributed by atoms with Crippen LogP contribution in [0.3, 0.4) is 0 Å². The second kappa shape index (κ2) is 9.13. The van der Waals surface area contributed by atoms with E-state index in [4.69, 9.17) is 4.74 Å². The number of nitrogens with zero attached hydrogens (tertiary/aromatic N) is 2. The van der Waals surface area contributed by atoms with Crippen LogP contribution in [-0.2, 0) is 9.59 Å². The van der Waals surface area contributed by atoms with Crippen molar-refractivity contribution in [2.24, 2.45) is 4.99 Å². The summed E-state index contributed by atoms with van der Waals surface area (Å²) >= 11 is 1.33. The van der Waals surface area contributed by atoms with Crippen LogP contribution in [-0.4, -0.2) is 40.8 Å². The second-order valence-corrected chi connectivity index (χ2v) is 8.05. The number of ether oxygens (including phenoxy) is 1. The normalized spacial score (nSPS) is 17.7. The Kier molecular flexibility index (Phi) is 6.59. The van der Waals surface area contributed by atoms with Gasteiger partial charge < -0.3 is 10.1 Å². The summed E-state index contributed by atoms with van der Waals surface area (Å²) in [6.45, 7) is 6.59. The van der Waals surface area contributed by atoms with Crippen LogP contribution >= 0.6 is 11.8 Å². The van der Waals surface area contributed by atoms with Crippen molar-refractivity contribution in [2.75, 3.05) is 19.0 Å². The monoisotopic (exact) mass is 411 g/mol. The van der Waals surface area contributed by atoms with Gasteiger partial charge in [0.2, 0.25) is 11.8 Å². The lowest BCUT2D eigenvalue weighted by atomic mass is 10.1. The zero-order chi connectivity index (χ0) is 21.0. The number of carbonyl (C=O) groups is 2. The standard InChI is InChI=1S/C22H25N3O3S/c1-5-28-18-10-8-16(9-11-18)23-20(26)13-19-21(27)25(4)22(29-19)24-17-7-6-14(2)15(3)12-17/h6-12,19H,5,13H2,1-4H3,(H,23,26)/t19-/m1/s1. The van der Waals surface area contributed by atoms with Gasteiger partial charge in [0, 0.05) is 19.2 Å². The number of thioether (sulfide) groups is 1. The van der Waals surface area contributed by atoms with Gasteiger partial charge in [0.1, 0.15) is 11.0 Å². The van der Waals surface area contributed by atoms with Crippen LogP contribution in [0.4, 0.5) is 11.4 Å². The molecule has 29 heavy (non-hydrogen) atoms. The Hall–Kier alpha value is -2.80. The van der Waals surface area contributed by atoms with Gasteiger partial charge in [-0.15, -0.1) is 0 Å². The summed E-state index contributed by atoms with van der Waals surface area (Å²) in [4.78, 5) is 31.1. The van der Waals surface area contributed by atoms with Crippen LogP contribution in [0.5, 0.6) is 5.75 Å². The van der Waals surface area contributed by atoms with Crippen molar-refractivity contribution >= 4 is 40.1 Å². The molecule has 0 spiro atoms. The zero-order valence-electron chi connectivity index (χ0n) is 17.1. The van der Waals surface area contributed by atoms with Crippen molar-refractivity contribution in [1.82, 2.24) is 4.90 Å². The maximum atomic E-state index is 12.6. The lowest BCUT2D eigenvalue weighted by Crippen LogP contribution is -2.30. The van der Waals surface area contributed by atoms with Gasteiger partial charge in [0.05, 0.1) is 12.3 Å². The van der Waals surface area contributed by atoms with Crippen molar-refractivity contribution < 1.29 is 14.3 Å². The number of amidine groups is 1. The first-order chi connectivity index (χ1) is 13.9. The molecule has 1 aliphatic rings. The summed E-state index contributed by atoms with van der Waals surface area (Å²) in [7, 11) is 1.69. The molecular formula is C22H25N3O3S. The molecule has 6 nitrogen and oxygen atoms in total. The Balaban J connectivity index is 1.63. The molecule has 1 saturated heterocycles. The van der Waals surface area contributed by atoms with Crippen molar-refractivity contribution in [3.8, 4) is 5.75 Å². The van der Waals surface area contributed by atoms with E-state index in [1.54, 1.807) is 31.3 Å². The van der Waals surface area contributed by atoms with E-state index >= 15 is 0 Å². The summed E-state index contributed by atoms with van der Waals surface area (Å²) in [6, 6.07) is 13.1. The zero-order valence-corrected chi connectivity index (χ0v) is 17.9. The minimum atomic E-state index is -0.479. The average molecular weight is 412 g/mol. The first-order valence-corrected chi connectivity index (χ1v) is 10.4. The summed E-state index contributed by atoms with van der Waals surface area (Å²) in [6.07, 6.45) is 0.0903. The molecule has 152 valence electrons. The molecule has 1 N–H and O–H groups in total. The third kappa shape index (κ3) is 5.17. The number of hydrogen-bond donors (Lipinski definition) is 1. The first kappa shape index (κ1) is 20.9. The van der Waals surface area contributed by atoms with E-state index in [1.165, 1.54) is 22.2 Å². The molecule has 0 radical (unpaired) electrons. The number of hydrogen-bond acceptors (Lipinski definition) is 5. The van der Waals surface area contributed by atoms with Gasteiger partial charge in [-0.2, -0.15) is 0 Å². The van der Waals surface area contributed by atoms with Crippen LogP contribution in [0, 0.1) is 13.8 Å². The fraction of sp³-hybridized carbons (Fsp3) is 0.318. The number of aryl methyl sites for hydroxylation is 2. The SMILES string of the molecule is CCOc1ccc(NC(=O)C[C@H]2SC(=Nc3ccc(C)c(C)c3)N(C)C2=O)cc1. The minimum Gasteiger partial charge on any atom is -0.494 e. The molecule has 0 unspecified atom stereocenters. The first-order valence-electron chi connectivity index (χ1n) is 9.50. The van der Waals surface area contributed by atoms with Gasteiger partial charge in [-0.1, -0.05) is 17.8 Å². The molecule has 0 saturated carbocycles. The van der Waals surface area contributed by atoms with E-state index in [2.05, 4.69) is 10.3 Å². The molecule has 1 heterocycles. The van der Waals surface area contributed by atoms with E-state index in [0.717, 1.165) is 17.0 Å². The van der Waals surface area contributed by atoms with Crippen molar-refractivity contribution in [2.45, 2.75) is 32.4 Å². The maximum Gasteiger partial charge on any atom is 0.242 e. The van der Waals surface area contributed by atoms with Crippen LogP contribution < -0.4 is 10.1 Å². The summed E-state index contributed by atoms with van der Waals surface area (Å²) in [5.74, 6) is 0.432. The number of rotatable bonds is 6. The number of carbonyl (C=O) groups excluding carboxylic acids is 2. The summed E-state index contributed by atoms with van der Waals surface area (Å²) < 4.78 is 5.39. The molecule has 0 aromatic heterocycles. The molecule has 7 heteroatoms. The molecular weight excluding hydrogens is 386 g/mol. The smallest absolute Gasteiger partial charge is 0.242 e. The van der Waals surface area contributed by atoms with Crippen molar-refractivity contribution in [1.29, 1.82) is 0 Å². The van der Waals surface area contributed by atoms with Gasteiger partial charge in [-0.05, 0) is 68.3 Å². The second-order valence-electron chi connectivity index (χ2n) is 6.88. The number of aliphatic imine (C=N–C) groups is 1. The highest BCUT2D eigenvalue weighted by Crippen LogP contribution is 2.31. The fourth-order valence-corrected chi connectivity index (χ4v) is 4.04. The van der Waals surface area contributed by atoms with Crippen molar-refractivity contribution in [3.63, 3.8) is 0 Å². The van der Waals surface area contributed by atoms with Crippen LogP contribution in [0.2, 0.25) is 0 Å². The van der Waals surface area contributed by atoms with Crippen LogP contribution in [0.25, 0.3) is 0 Å². The van der Waals surface area contributed by atoms with Crippen molar-refractivity contribution in [3.05, 3.63) is 53.6 Å². The van der Waals surface area contributed by atoms with Gasteiger partial charge in [0.25, 0.3) is 0 Å². The molecule has 2 aromatic rings. The largest absolute Gasteiger partial charge is 0.494 e. The molecule has 3 rings (SSSR count). The molecule has 0 bridgehead atoms. The summed E-state index contributed by atoms with van der Waals surface area (Å²) in [5.41, 5.74) is 3.82. The van der Waals surface area contributed by atoms with Crippen LogP contribution in [0.15, 0.2) is 47.5 Å². The Labute approximate surface area is 175 Å². The van der Waals surface area contributed by atoms with E-state index in [1.807, 2.05) is 39.0 Å². The van der Waals surface area contributed by atoms with Crippen LogP contribution in [0.1, 0.15) is 24.5 Å². The average Bonchev–Trinajstić information content (AvgIpc) is 2.94. The van der Waals surface area contributed by atoms with Gasteiger partial charge in [0.15, 0.2) is 5.17 Å². The highest BCUT2D eigenvalue weighted by atomic mass is 32.2. The number of benzene rings is 2. The van der Waals surface area contributed by atoms with E-state index in [-0.39, 0.29) is 18.2 Å². The highest BCUT2D eigenvalue weighted by Gasteiger charge is 2.37. The Morgan fingerprint density at radius 2 is 1.90 bits per heavy atom. The maximum absolute atomic E-state index is 12.6. The number of amides is 2. The molecule has 2 amide bonds. The van der Waals surface area contributed by atoms with E-state index < -0.39 is 5.25 Å². The Bertz CT molecular complexity index is 941. The summed E-state index contributed by atoms with van der Waals surface area (Å²) in [5, 5.41) is 2.96. The Morgan fingerprint density at radius 1 is 1.17 bits per heavy atom. The van der Waals surface area contributed by atoms with Gasteiger partial charge >= 0.3 is 0 Å².